The molecule has 0 radical (unpaired) electrons. The molecule has 0 unspecified atom stereocenters. The Morgan fingerprint density at radius 3 is 1.95 bits per heavy atom. The minimum absolute atomic E-state index is 0. The molecule has 0 aliphatic heterocycles. The minimum Gasteiger partial charge on any atom is -1.00 e. The SMILES string of the molecule is C[Si](C)=[Zr+2].OCCCc1cc[cH-]c1.[Cl-].[Cl-].c1cc[cH-]c1. The van der Waals surface area contributed by atoms with E-state index in [-0.39, 0.29) is 30.2 Å². The zero-order valence-electron chi connectivity index (χ0n) is 12.0. The molecule has 0 saturated heterocycles. The molecular formula is C15H22Cl2OSiZr-2. The normalized spacial score (nSPS) is 7.85. The summed E-state index contributed by atoms with van der Waals surface area (Å²) in [6.45, 7) is 4.91. The Hall–Kier alpha value is 0.340. The summed E-state index contributed by atoms with van der Waals surface area (Å²) in [6, 6.07) is 18.2. The van der Waals surface area contributed by atoms with E-state index in [0.29, 0.717) is 6.61 Å². The van der Waals surface area contributed by atoms with Crippen molar-refractivity contribution >= 4 is 5.43 Å². The van der Waals surface area contributed by atoms with Crippen molar-refractivity contribution in [3.05, 3.63) is 60.2 Å². The number of hydrogen-bond donors (Lipinski definition) is 1. The molecule has 2 aromatic rings. The first-order chi connectivity index (χ1) is 8.66. The van der Waals surface area contributed by atoms with E-state index in [1.54, 1.807) is 23.3 Å². The molecule has 1 N–H and O–H groups in total. The third-order valence-corrected chi connectivity index (χ3v) is 1.91. The van der Waals surface area contributed by atoms with Gasteiger partial charge in [-0.2, -0.15) is 42.0 Å². The van der Waals surface area contributed by atoms with Crippen molar-refractivity contribution in [2.24, 2.45) is 0 Å². The Morgan fingerprint density at radius 1 is 1.10 bits per heavy atom. The predicted molar refractivity (Wildman–Crippen MR) is 77.0 cm³/mol. The van der Waals surface area contributed by atoms with Crippen LogP contribution in [0.3, 0.4) is 0 Å². The Balaban J connectivity index is -0.000000228. The van der Waals surface area contributed by atoms with Gasteiger partial charge in [0.2, 0.25) is 0 Å². The molecule has 0 bridgehead atoms. The molecule has 20 heavy (non-hydrogen) atoms. The quantitative estimate of drug-likeness (QED) is 0.441. The largest absolute Gasteiger partial charge is 1.00 e. The second kappa shape index (κ2) is 19.3. The van der Waals surface area contributed by atoms with E-state index in [2.05, 4.69) is 25.2 Å². The van der Waals surface area contributed by atoms with Gasteiger partial charge in [0, 0.05) is 6.61 Å². The Kier molecular flexibility index (Phi) is 24.5. The van der Waals surface area contributed by atoms with Gasteiger partial charge in [0.05, 0.1) is 0 Å². The van der Waals surface area contributed by atoms with Gasteiger partial charge < -0.3 is 29.9 Å². The summed E-state index contributed by atoms with van der Waals surface area (Å²) in [5, 5.41) is 8.47. The van der Waals surface area contributed by atoms with Gasteiger partial charge >= 0.3 is 41.9 Å². The molecule has 5 heteroatoms. The molecule has 0 atom stereocenters. The van der Waals surface area contributed by atoms with Crippen molar-refractivity contribution < 1.29 is 53.3 Å². The van der Waals surface area contributed by atoms with Crippen LogP contribution < -0.4 is 24.8 Å². The van der Waals surface area contributed by atoms with Gasteiger partial charge in [-0.05, 0) is 6.42 Å². The summed E-state index contributed by atoms with van der Waals surface area (Å²) < 4.78 is 0. The first kappa shape index (κ1) is 25.3. The van der Waals surface area contributed by atoms with Crippen molar-refractivity contribution in [2.75, 3.05) is 6.61 Å². The molecule has 0 fully saturated rings. The van der Waals surface area contributed by atoms with E-state index in [9.17, 15) is 0 Å². The molecule has 0 aliphatic rings. The number of aryl methyl sites for hydroxylation is 1. The molecule has 112 valence electrons. The van der Waals surface area contributed by atoms with E-state index in [1.165, 1.54) is 5.56 Å². The molecule has 0 saturated carbocycles. The third kappa shape index (κ3) is 20.7. The van der Waals surface area contributed by atoms with Gasteiger partial charge in [-0.1, -0.05) is 6.42 Å². The molecule has 2 aromatic carbocycles. The fourth-order valence-electron chi connectivity index (χ4n) is 1.18. The van der Waals surface area contributed by atoms with Crippen LogP contribution in [0, 0.1) is 0 Å². The molecular weight excluding hydrogens is 386 g/mol. The first-order valence-electron chi connectivity index (χ1n) is 6.16. The van der Waals surface area contributed by atoms with Gasteiger partial charge in [0.1, 0.15) is 0 Å². The van der Waals surface area contributed by atoms with Crippen LogP contribution in [0.25, 0.3) is 0 Å². The molecule has 0 spiro atoms. The van der Waals surface area contributed by atoms with Crippen molar-refractivity contribution in [2.45, 2.75) is 25.9 Å². The monoisotopic (exact) mass is 406 g/mol. The van der Waals surface area contributed by atoms with E-state index in [4.69, 9.17) is 5.11 Å². The number of hydrogen-bond acceptors (Lipinski definition) is 1. The Bertz CT molecular complexity index is 353. The van der Waals surface area contributed by atoms with E-state index in [1.807, 2.05) is 42.5 Å². The number of halogens is 2. The molecule has 2 rings (SSSR count). The van der Waals surface area contributed by atoms with Gasteiger partial charge in [-0.25, -0.2) is 18.2 Å². The zero-order valence-corrected chi connectivity index (χ0v) is 17.0. The van der Waals surface area contributed by atoms with E-state index < -0.39 is 0 Å². The number of aliphatic hydroxyl groups is 1. The summed E-state index contributed by atoms with van der Waals surface area (Å²) in [4.78, 5) is 0. The average molecular weight is 409 g/mol. The standard InChI is InChI=1S/C8H11O.C5H5.C2H6Si.2ClH.Zr/c9-7-3-6-8-4-1-2-5-8;1-2-4-5-3-1;1-3-2;;;/h1-2,4-5,9H,3,6-7H2;1-5H;1-2H3;2*1H;/q2*-1;;;;+2/p-2. The summed E-state index contributed by atoms with van der Waals surface area (Å²) in [6.07, 6.45) is 1.88. The second-order valence-corrected chi connectivity index (χ2v) is 13.5. The van der Waals surface area contributed by atoms with E-state index >= 15 is 0 Å². The fourth-order valence-corrected chi connectivity index (χ4v) is 1.18. The summed E-state index contributed by atoms with van der Waals surface area (Å²) in [5.74, 6) is 0. The fraction of sp³-hybridized carbons (Fsp3) is 0.333. The molecule has 0 heterocycles. The van der Waals surface area contributed by atoms with Crippen LogP contribution in [0.2, 0.25) is 13.1 Å². The summed E-state index contributed by atoms with van der Waals surface area (Å²) in [7, 11) is 0. The zero-order chi connectivity index (χ0) is 13.6. The summed E-state index contributed by atoms with van der Waals surface area (Å²) in [5.41, 5.74) is 1.53. The molecule has 0 aromatic heterocycles. The van der Waals surface area contributed by atoms with E-state index in [0.717, 1.165) is 12.8 Å². The molecule has 1 nitrogen and oxygen atoms in total. The third-order valence-electron chi connectivity index (χ3n) is 1.91. The van der Waals surface area contributed by atoms with Crippen LogP contribution in [-0.2, 0) is 29.8 Å². The molecule has 0 amide bonds. The van der Waals surface area contributed by atoms with Crippen LogP contribution in [0.15, 0.2) is 54.6 Å². The van der Waals surface area contributed by atoms with Gasteiger partial charge in [-0.15, -0.1) is 0 Å². The number of rotatable bonds is 3. The topological polar surface area (TPSA) is 20.2 Å². The maximum absolute atomic E-state index is 8.47. The van der Waals surface area contributed by atoms with Crippen molar-refractivity contribution in [3.63, 3.8) is 0 Å². The predicted octanol–water partition coefficient (Wildman–Crippen LogP) is -2.47. The van der Waals surface area contributed by atoms with Crippen molar-refractivity contribution in [3.8, 4) is 0 Å². The van der Waals surface area contributed by atoms with Crippen LogP contribution in [0.1, 0.15) is 12.0 Å². The van der Waals surface area contributed by atoms with Gasteiger partial charge in [0.15, 0.2) is 0 Å². The Morgan fingerprint density at radius 2 is 1.65 bits per heavy atom. The average Bonchev–Trinajstić information content (AvgIpc) is 3.01. The smallest absolute Gasteiger partial charge is 0.0424 e. The summed E-state index contributed by atoms with van der Waals surface area (Å²) >= 11 is 1.74. The molecule has 0 aliphatic carbocycles. The Labute approximate surface area is 150 Å². The van der Waals surface area contributed by atoms with Crippen molar-refractivity contribution in [1.29, 1.82) is 0 Å². The van der Waals surface area contributed by atoms with Crippen LogP contribution in [0.4, 0.5) is 0 Å². The maximum atomic E-state index is 8.47. The van der Waals surface area contributed by atoms with Gasteiger partial charge in [0.25, 0.3) is 0 Å². The first-order valence-corrected chi connectivity index (χ1v) is 12.4. The maximum Gasteiger partial charge on any atom is 0.0424 e. The van der Waals surface area contributed by atoms with Crippen LogP contribution in [0.5, 0.6) is 0 Å². The van der Waals surface area contributed by atoms with Gasteiger partial charge in [-0.3, -0.25) is 0 Å². The second-order valence-electron chi connectivity index (χ2n) is 4.08. The van der Waals surface area contributed by atoms with Crippen LogP contribution >= 0.6 is 0 Å². The van der Waals surface area contributed by atoms with Crippen molar-refractivity contribution in [1.82, 2.24) is 0 Å². The number of aliphatic hydroxyl groups excluding tert-OH is 1. The minimum atomic E-state index is 0. The van der Waals surface area contributed by atoms with Crippen LogP contribution in [-0.4, -0.2) is 17.1 Å².